The smallest absolute Gasteiger partial charge is 0.258 e. The van der Waals surface area contributed by atoms with E-state index in [1.54, 1.807) is 51.5 Å². The molecule has 0 bridgehead atoms. The third kappa shape index (κ3) is 3.65. The van der Waals surface area contributed by atoms with Gasteiger partial charge in [-0.15, -0.1) is 0 Å². The van der Waals surface area contributed by atoms with Gasteiger partial charge in [0.25, 0.3) is 5.89 Å². The number of rotatable bonds is 5. The summed E-state index contributed by atoms with van der Waals surface area (Å²) in [6.07, 6.45) is 0.188. The Morgan fingerprint density at radius 2 is 1.86 bits per heavy atom. The molecule has 0 aliphatic carbocycles. The molecule has 0 saturated carbocycles. The molecule has 0 radical (unpaired) electrons. The minimum absolute atomic E-state index is 0.174. The zero-order chi connectivity index (χ0) is 20.5. The largest absolute Gasteiger partial charge is 0.497 e. The molecule has 4 rings (SSSR count). The average Bonchev–Trinajstić information content (AvgIpc) is 3.35. The number of benzene rings is 2. The van der Waals surface area contributed by atoms with Gasteiger partial charge in [0.1, 0.15) is 17.3 Å². The Labute approximate surface area is 167 Å². The lowest BCUT2D eigenvalue weighted by Gasteiger charge is -2.17. The lowest BCUT2D eigenvalue weighted by atomic mass is 10.1. The van der Waals surface area contributed by atoms with Crippen molar-refractivity contribution in [3.05, 3.63) is 53.6 Å². The van der Waals surface area contributed by atoms with Crippen LogP contribution in [0.2, 0.25) is 0 Å². The van der Waals surface area contributed by atoms with Crippen LogP contribution >= 0.6 is 0 Å². The molecule has 1 unspecified atom stereocenters. The van der Waals surface area contributed by atoms with Crippen molar-refractivity contribution in [3.8, 4) is 23.0 Å². The Balaban J connectivity index is 1.58. The number of nitrogens with zero attached hydrogens (tertiary/aromatic N) is 3. The summed E-state index contributed by atoms with van der Waals surface area (Å²) in [5, 5.41) is 4.04. The summed E-state index contributed by atoms with van der Waals surface area (Å²) in [6.45, 7) is 2.09. The fraction of sp³-hybridized carbons (Fsp3) is 0.286. The highest BCUT2D eigenvalue weighted by molar-refractivity contribution is 5.96. The molecule has 7 nitrogen and oxygen atoms in total. The van der Waals surface area contributed by atoms with E-state index in [1.165, 1.54) is 11.0 Å². The zero-order valence-electron chi connectivity index (χ0n) is 16.3. The molecule has 1 atom stereocenters. The Morgan fingerprint density at radius 1 is 1.14 bits per heavy atom. The van der Waals surface area contributed by atoms with Gasteiger partial charge in [0.15, 0.2) is 5.82 Å². The van der Waals surface area contributed by atoms with Crippen LogP contribution < -0.4 is 14.4 Å². The standard InChI is InChI=1S/C21H20FN3O4/c1-12-4-5-18(17(22)6-12)25-11-14(9-19(25)26)20-23-21(29-24-20)13-7-15(27-2)10-16(8-13)28-3/h4-8,10,14H,9,11H2,1-3H3. The number of hydrogen-bond acceptors (Lipinski definition) is 6. The van der Waals surface area contributed by atoms with Crippen LogP contribution in [0.25, 0.3) is 11.5 Å². The van der Waals surface area contributed by atoms with E-state index < -0.39 is 5.82 Å². The Morgan fingerprint density at radius 3 is 2.52 bits per heavy atom. The van der Waals surface area contributed by atoms with Gasteiger partial charge in [-0.2, -0.15) is 4.98 Å². The van der Waals surface area contributed by atoms with Crippen molar-refractivity contribution < 1.29 is 23.2 Å². The molecule has 2 aromatic carbocycles. The molecule has 2 heterocycles. The molecule has 150 valence electrons. The fourth-order valence-corrected chi connectivity index (χ4v) is 3.39. The zero-order valence-corrected chi connectivity index (χ0v) is 16.3. The molecular weight excluding hydrogens is 377 g/mol. The summed E-state index contributed by atoms with van der Waals surface area (Å²) in [7, 11) is 3.11. The number of carbonyl (C=O) groups is 1. The molecule has 0 spiro atoms. The van der Waals surface area contributed by atoms with E-state index in [1.807, 2.05) is 0 Å². The van der Waals surface area contributed by atoms with Gasteiger partial charge in [0.05, 0.1) is 19.9 Å². The van der Waals surface area contributed by atoms with Crippen LogP contribution in [0, 0.1) is 12.7 Å². The van der Waals surface area contributed by atoms with E-state index in [-0.39, 0.29) is 23.9 Å². The number of methoxy groups -OCH3 is 2. The van der Waals surface area contributed by atoms with Gasteiger partial charge in [-0.25, -0.2) is 4.39 Å². The summed E-state index contributed by atoms with van der Waals surface area (Å²) in [6, 6.07) is 10.1. The second-order valence-electron chi connectivity index (χ2n) is 6.92. The average molecular weight is 397 g/mol. The molecule has 1 aliphatic heterocycles. The van der Waals surface area contributed by atoms with Gasteiger partial charge in [0, 0.05) is 30.5 Å². The molecule has 8 heteroatoms. The van der Waals surface area contributed by atoms with Crippen molar-refractivity contribution in [1.29, 1.82) is 0 Å². The predicted molar refractivity (Wildman–Crippen MR) is 104 cm³/mol. The highest BCUT2D eigenvalue weighted by Crippen LogP contribution is 2.34. The normalized spacial score (nSPS) is 16.3. The third-order valence-corrected chi connectivity index (χ3v) is 4.92. The molecule has 1 aromatic heterocycles. The molecular formula is C21H20FN3O4. The summed E-state index contributed by atoms with van der Waals surface area (Å²) >= 11 is 0. The number of amides is 1. The number of aryl methyl sites for hydroxylation is 1. The van der Waals surface area contributed by atoms with Crippen molar-refractivity contribution in [2.45, 2.75) is 19.3 Å². The molecule has 1 saturated heterocycles. The molecule has 29 heavy (non-hydrogen) atoms. The van der Waals surface area contributed by atoms with Crippen molar-refractivity contribution in [2.75, 3.05) is 25.7 Å². The molecule has 1 fully saturated rings. The second-order valence-corrected chi connectivity index (χ2v) is 6.92. The molecule has 0 N–H and O–H groups in total. The van der Waals surface area contributed by atoms with Crippen molar-refractivity contribution in [3.63, 3.8) is 0 Å². The van der Waals surface area contributed by atoms with Gasteiger partial charge in [-0.3, -0.25) is 4.79 Å². The maximum Gasteiger partial charge on any atom is 0.258 e. The van der Waals surface area contributed by atoms with E-state index in [9.17, 15) is 9.18 Å². The monoisotopic (exact) mass is 397 g/mol. The van der Waals surface area contributed by atoms with Crippen molar-refractivity contribution >= 4 is 11.6 Å². The van der Waals surface area contributed by atoms with Crippen LogP contribution in [0.3, 0.4) is 0 Å². The highest BCUT2D eigenvalue weighted by Gasteiger charge is 2.35. The molecule has 1 amide bonds. The van der Waals surface area contributed by atoms with E-state index in [0.717, 1.165) is 5.56 Å². The quantitative estimate of drug-likeness (QED) is 0.653. The maximum atomic E-state index is 14.3. The first kappa shape index (κ1) is 18.9. The molecule has 3 aromatic rings. The first-order valence-electron chi connectivity index (χ1n) is 9.12. The van der Waals surface area contributed by atoms with E-state index >= 15 is 0 Å². The number of anilines is 1. The van der Waals surface area contributed by atoms with Gasteiger partial charge in [-0.1, -0.05) is 11.2 Å². The lowest BCUT2D eigenvalue weighted by Crippen LogP contribution is -2.25. The van der Waals surface area contributed by atoms with Crippen molar-refractivity contribution in [2.24, 2.45) is 0 Å². The van der Waals surface area contributed by atoms with Crippen LogP contribution in [0.15, 0.2) is 40.9 Å². The fourth-order valence-electron chi connectivity index (χ4n) is 3.39. The summed E-state index contributed by atoms with van der Waals surface area (Å²) in [5.41, 5.74) is 1.71. The first-order valence-corrected chi connectivity index (χ1v) is 9.12. The first-order chi connectivity index (χ1) is 14.0. The molecule has 1 aliphatic rings. The van der Waals surface area contributed by atoms with E-state index in [0.29, 0.717) is 35.3 Å². The topological polar surface area (TPSA) is 77.7 Å². The Kier molecular flexibility index (Phi) is 4.92. The predicted octanol–water partition coefficient (Wildman–Crippen LogP) is 3.72. The van der Waals surface area contributed by atoms with Gasteiger partial charge in [0.2, 0.25) is 5.91 Å². The SMILES string of the molecule is COc1cc(OC)cc(-c2nc(C3CC(=O)N(c4ccc(C)cc4F)C3)no2)c1. The third-order valence-electron chi connectivity index (χ3n) is 4.92. The Hall–Kier alpha value is -3.42. The van der Waals surface area contributed by atoms with E-state index in [4.69, 9.17) is 14.0 Å². The van der Waals surface area contributed by atoms with Crippen LogP contribution in [0.5, 0.6) is 11.5 Å². The summed E-state index contributed by atoms with van der Waals surface area (Å²) in [4.78, 5) is 18.4. The van der Waals surface area contributed by atoms with Crippen molar-refractivity contribution in [1.82, 2.24) is 10.1 Å². The minimum Gasteiger partial charge on any atom is -0.497 e. The Bertz CT molecular complexity index is 1040. The summed E-state index contributed by atoms with van der Waals surface area (Å²) < 4.78 is 30.2. The number of ether oxygens (including phenoxy) is 2. The van der Waals surface area contributed by atoms with Gasteiger partial charge in [-0.05, 0) is 36.8 Å². The number of carbonyl (C=O) groups excluding carboxylic acids is 1. The van der Waals surface area contributed by atoms with E-state index in [2.05, 4.69) is 10.1 Å². The number of halogens is 1. The second kappa shape index (κ2) is 7.54. The maximum absolute atomic E-state index is 14.3. The highest BCUT2D eigenvalue weighted by atomic mass is 19.1. The van der Waals surface area contributed by atoms with Crippen LogP contribution in [0.1, 0.15) is 23.7 Å². The van der Waals surface area contributed by atoms with Gasteiger partial charge >= 0.3 is 0 Å². The number of hydrogen-bond donors (Lipinski definition) is 0. The van der Waals surface area contributed by atoms with Crippen LogP contribution in [0.4, 0.5) is 10.1 Å². The summed E-state index contributed by atoms with van der Waals surface area (Å²) in [5.74, 6) is 1.01. The number of aromatic nitrogens is 2. The lowest BCUT2D eigenvalue weighted by molar-refractivity contribution is -0.117. The van der Waals surface area contributed by atoms with Crippen LogP contribution in [-0.2, 0) is 4.79 Å². The van der Waals surface area contributed by atoms with Crippen LogP contribution in [-0.4, -0.2) is 36.8 Å². The van der Waals surface area contributed by atoms with Gasteiger partial charge < -0.3 is 18.9 Å². The minimum atomic E-state index is -0.420.